The molecule has 0 radical (unpaired) electrons. The lowest BCUT2D eigenvalue weighted by Gasteiger charge is -2.18. The molecule has 1 aromatic heterocycles. The molecule has 4 nitrogen and oxygen atoms in total. The Morgan fingerprint density at radius 3 is 2.54 bits per heavy atom. The number of benzene rings is 2. The van der Waals surface area contributed by atoms with E-state index in [1.807, 2.05) is 36.4 Å². The van der Waals surface area contributed by atoms with Gasteiger partial charge in [-0.25, -0.2) is 4.98 Å². The molecule has 3 aromatic rings. The number of anilines is 1. The van der Waals surface area contributed by atoms with Crippen LogP contribution in [0.3, 0.4) is 0 Å². The third-order valence-electron chi connectivity index (χ3n) is 4.83. The van der Waals surface area contributed by atoms with Crippen molar-refractivity contribution in [2.75, 3.05) is 32.1 Å². The topological polar surface area (TPSA) is 46.2 Å². The molecule has 0 saturated heterocycles. The van der Waals surface area contributed by atoms with Crippen LogP contribution in [0.4, 0.5) is 5.69 Å². The molecule has 1 heterocycles. The molecule has 150 valence electrons. The smallest absolute Gasteiger partial charge is 0.119 e. The average molecular weight is 400 g/mol. The van der Waals surface area contributed by atoms with Crippen molar-refractivity contribution in [3.8, 4) is 5.75 Å². The monoisotopic (exact) mass is 399 g/mol. The lowest BCUT2D eigenvalue weighted by Crippen LogP contribution is -2.23. The highest BCUT2D eigenvalue weighted by molar-refractivity contribution is 6.31. The second-order valence-corrected chi connectivity index (χ2v) is 8.81. The van der Waals surface area contributed by atoms with Crippen molar-refractivity contribution in [2.24, 2.45) is 5.41 Å². The third-order valence-corrected chi connectivity index (χ3v) is 5.06. The van der Waals surface area contributed by atoms with Crippen LogP contribution in [0.25, 0.3) is 21.8 Å². The van der Waals surface area contributed by atoms with Crippen molar-refractivity contribution in [3.05, 3.63) is 41.4 Å². The molecule has 2 N–H and O–H groups in total. The van der Waals surface area contributed by atoms with Gasteiger partial charge in [-0.15, -0.1) is 0 Å². The van der Waals surface area contributed by atoms with Crippen LogP contribution in [-0.4, -0.2) is 31.7 Å². The van der Waals surface area contributed by atoms with Crippen molar-refractivity contribution < 1.29 is 4.74 Å². The minimum absolute atomic E-state index is 0.375. The number of ether oxygens (including phenoxy) is 1. The molecule has 0 saturated carbocycles. The maximum Gasteiger partial charge on any atom is 0.119 e. The van der Waals surface area contributed by atoms with Gasteiger partial charge in [0.2, 0.25) is 0 Å². The van der Waals surface area contributed by atoms with Gasteiger partial charge in [-0.05, 0) is 67.7 Å². The van der Waals surface area contributed by atoms with Gasteiger partial charge in [0.1, 0.15) is 5.75 Å². The van der Waals surface area contributed by atoms with Gasteiger partial charge in [0.15, 0.2) is 0 Å². The van der Waals surface area contributed by atoms with Crippen LogP contribution in [0, 0.1) is 5.41 Å². The molecule has 2 aromatic carbocycles. The number of fused-ring (bicyclic) bond motifs is 2. The lowest BCUT2D eigenvalue weighted by molar-refractivity contribution is 0.367. The Labute approximate surface area is 172 Å². The third kappa shape index (κ3) is 5.27. The summed E-state index contributed by atoms with van der Waals surface area (Å²) in [6.45, 7) is 9.76. The second kappa shape index (κ2) is 8.97. The largest absolute Gasteiger partial charge is 0.497 e. The van der Waals surface area contributed by atoms with Gasteiger partial charge < -0.3 is 15.4 Å². The van der Waals surface area contributed by atoms with Crippen molar-refractivity contribution in [1.82, 2.24) is 10.3 Å². The van der Waals surface area contributed by atoms with Crippen LogP contribution < -0.4 is 15.4 Å². The molecule has 0 aliphatic heterocycles. The molecule has 0 aliphatic rings. The van der Waals surface area contributed by atoms with E-state index in [0.717, 1.165) is 59.3 Å². The van der Waals surface area contributed by atoms with Crippen LogP contribution in [0.2, 0.25) is 5.02 Å². The molecule has 5 heteroatoms. The zero-order chi connectivity index (χ0) is 20.1. The summed E-state index contributed by atoms with van der Waals surface area (Å²) in [6, 6.07) is 11.8. The van der Waals surface area contributed by atoms with E-state index in [1.54, 1.807) is 7.11 Å². The standard InChI is InChI=1S/C23H30ClN3O/c1-23(2,3)10-13-25-11-5-12-26-22-18-8-6-16(24)14-21(18)27-20-9-7-17(28-4)15-19(20)22/h6-9,14-15,25H,5,10-13H2,1-4H3,(H,26,27). The zero-order valence-electron chi connectivity index (χ0n) is 17.2. The number of nitrogens with one attached hydrogen (secondary N) is 2. The van der Waals surface area contributed by atoms with Crippen LogP contribution in [0.5, 0.6) is 5.75 Å². The lowest BCUT2D eigenvalue weighted by atomic mass is 9.92. The maximum atomic E-state index is 6.19. The number of pyridine rings is 1. The highest BCUT2D eigenvalue weighted by Crippen LogP contribution is 2.34. The number of nitrogens with zero attached hydrogens (tertiary/aromatic N) is 1. The van der Waals surface area contributed by atoms with E-state index < -0.39 is 0 Å². The Morgan fingerprint density at radius 1 is 0.964 bits per heavy atom. The first-order valence-corrected chi connectivity index (χ1v) is 10.3. The highest BCUT2D eigenvalue weighted by Gasteiger charge is 2.11. The number of methoxy groups -OCH3 is 1. The fourth-order valence-electron chi connectivity index (χ4n) is 3.23. The van der Waals surface area contributed by atoms with E-state index in [4.69, 9.17) is 21.3 Å². The Bertz CT molecular complexity index is 950. The Hall–Kier alpha value is -2.04. The molecular weight excluding hydrogens is 370 g/mol. The van der Waals surface area contributed by atoms with Crippen LogP contribution >= 0.6 is 11.6 Å². The molecule has 0 atom stereocenters. The molecule has 28 heavy (non-hydrogen) atoms. The first kappa shape index (κ1) is 20.7. The number of halogens is 1. The van der Waals surface area contributed by atoms with Gasteiger partial charge in [0, 0.05) is 22.3 Å². The highest BCUT2D eigenvalue weighted by atomic mass is 35.5. The van der Waals surface area contributed by atoms with Crippen molar-refractivity contribution in [3.63, 3.8) is 0 Å². The number of rotatable bonds is 8. The van der Waals surface area contributed by atoms with Crippen LogP contribution in [-0.2, 0) is 0 Å². The minimum atomic E-state index is 0.375. The van der Waals surface area contributed by atoms with Gasteiger partial charge in [0.05, 0.1) is 23.8 Å². The second-order valence-electron chi connectivity index (χ2n) is 8.37. The van der Waals surface area contributed by atoms with Gasteiger partial charge in [0.25, 0.3) is 0 Å². The fraction of sp³-hybridized carbons (Fsp3) is 0.435. The summed E-state index contributed by atoms with van der Waals surface area (Å²) < 4.78 is 5.42. The van der Waals surface area contributed by atoms with E-state index >= 15 is 0 Å². The van der Waals surface area contributed by atoms with Crippen LogP contribution in [0.1, 0.15) is 33.6 Å². The number of hydrogen-bond acceptors (Lipinski definition) is 4. The van der Waals surface area contributed by atoms with E-state index in [0.29, 0.717) is 10.4 Å². The molecular formula is C23H30ClN3O. The molecule has 0 bridgehead atoms. The first-order valence-electron chi connectivity index (χ1n) is 9.89. The van der Waals surface area contributed by atoms with Gasteiger partial charge >= 0.3 is 0 Å². The van der Waals surface area contributed by atoms with Crippen molar-refractivity contribution >= 4 is 39.1 Å². The van der Waals surface area contributed by atoms with Crippen LogP contribution in [0.15, 0.2) is 36.4 Å². The minimum Gasteiger partial charge on any atom is -0.497 e. The predicted molar refractivity (Wildman–Crippen MR) is 121 cm³/mol. The maximum absolute atomic E-state index is 6.19. The van der Waals surface area contributed by atoms with Gasteiger partial charge in [-0.1, -0.05) is 32.4 Å². The van der Waals surface area contributed by atoms with E-state index in [2.05, 4.69) is 31.4 Å². The van der Waals surface area contributed by atoms with E-state index in [-0.39, 0.29) is 0 Å². The summed E-state index contributed by atoms with van der Waals surface area (Å²) >= 11 is 6.19. The summed E-state index contributed by atoms with van der Waals surface area (Å²) in [6.07, 6.45) is 2.23. The summed E-state index contributed by atoms with van der Waals surface area (Å²) in [5, 5.41) is 10.0. The normalized spacial score (nSPS) is 11.9. The van der Waals surface area contributed by atoms with Crippen molar-refractivity contribution in [2.45, 2.75) is 33.6 Å². The molecule has 3 rings (SSSR count). The average Bonchev–Trinajstić information content (AvgIpc) is 2.65. The number of aromatic nitrogens is 1. The van der Waals surface area contributed by atoms with Gasteiger partial charge in [-0.3, -0.25) is 0 Å². The molecule has 0 amide bonds. The quantitative estimate of drug-likeness (QED) is 0.367. The Kier molecular flexibility index (Phi) is 6.63. The number of hydrogen-bond donors (Lipinski definition) is 2. The Balaban J connectivity index is 1.76. The Morgan fingerprint density at radius 2 is 1.79 bits per heavy atom. The summed E-state index contributed by atoms with van der Waals surface area (Å²) in [5.74, 6) is 0.828. The predicted octanol–water partition coefficient (Wildman–Crippen LogP) is 5.88. The SMILES string of the molecule is COc1ccc2nc3cc(Cl)ccc3c(NCCCNCCC(C)(C)C)c2c1. The van der Waals surface area contributed by atoms with E-state index in [9.17, 15) is 0 Å². The first-order chi connectivity index (χ1) is 13.4. The van der Waals surface area contributed by atoms with Gasteiger partial charge in [-0.2, -0.15) is 0 Å². The fourth-order valence-corrected chi connectivity index (χ4v) is 3.40. The summed E-state index contributed by atoms with van der Waals surface area (Å²) in [7, 11) is 1.69. The molecule has 0 fully saturated rings. The summed E-state index contributed by atoms with van der Waals surface area (Å²) in [5.41, 5.74) is 3.29. The summed E-state index contributed by atoms with van der Waals surface area (Å²) in [4.78, 5) is 4.77. The molecule has 0 aliphatic carbocycles. The van der Waals surface area contributed by atoms with E-state index in [1.165, 1.54) is 6.42 Å². The molecule has 0 spiro atoms. The zero-order valence-corrected chi connectivity index (χ0v) is 18.0. The van der Waals surface area contributed by atoms with Crippen molar-refractivity contribution in [1.29, 1.82) is 0 Å². The molecule has 0 unspecified atom stereocenters.